The Morgan fingerprint density at radius 3 is 2.50 bits per heavy atom. The molecule has 2 unspecified atom stereocenters. The van der Waals surface area contributed by atoms with E-state index in [0.29, 0.717) is 0 Å². The summed E-state index contributed by atoms with van der Waals surface area (Å²) in [4.78, 5) is 15.6. The monoisotopic (exact) mass is 399 g/mol. The Kier molecular flexibility index (Phi) is 5.68. The highest BCUT2D eigenvalue weighted by Gasteiger charge is 2.43. The predicted molar refractivity (Wildman–Crippen MR) is 119 cm³/mol. The summed E-state index contributed by atoms with van der Waals surface area (Å²) in [6.07, 6.45) is 5.18. The van der Waals surface area contributed by atoms with E-state index >= 15 is 0 Å². The maximum absolute atomic E-state index is 12.8. The van der Waals surface area contributed by atoms with Crippen LogP contribution < -0.4 is 0 Å². The van der Waals surface area contributed by atoms with Gasteiger partial charge >= 0.3 is 0 Å². The average molecular weight is 399 g/mol. The number of carbonyl (C=O) groups excluding carboxylic acids is 1. The standard InChI is InChI=1S/C24H25N5O/c1-16-6-10-18(11-7-16)14-20-4-3-5-21-23(20)27-29(22(30)15-26-28-25)24(21)19-12-8-17(2)9-13-19/h6-14,21,24H,3-5,15H2,1-2H3. The van der Waals surface area contributed by atoms with Crippen molar-refractivity contribution in [3.63, 3.8) is 0 Å². The molecule has 0 bridgehead atoms. The number of fused-ring (bicyclic) bond motifs is 1. The van der Waals surface area contributed by atoms with Gasteiger partial charge in [-0.05, 0) is 61.4 Å². The summed E-state index contributed by atoms with van der Waals surface area (Å²) in [5.74, 6) is -0.122. The highest BCUT2D eigenvalue weighted by Crippen LogP contribution is 2.44. The van der Waals surface area contributed by atoms with Gasteiger partial charge in [0.05, 0.1) is 11.8 Å². The first kappa shape index (κ1) is 19.9. The van der Waals surface area contributed by atoms with E-state index in [1.54, 1.807) is 5.01 Å². The number of carbonyl (C=O) groups is 1. The smallest absolute Gasteiger partial charge is 0.249 e. The lowest BCUT2D eigenvalue weighted by atomic mass is 9.77. The van der Waals surface area contributed by atoms with Gasteiger partial charge < -0.3 is 0 Å². The Morgan fingerprint density at radius 2 is 1.83 bits per heavy atom. The van der Waals surface area contributed by atoms with Crippen LogP contribution in [0.5, 0.6) is 0 Å². The molecule has 2 atom stereocenters. The van der Waals surface area contributed by atoms with Crippen molar-refractivity contribution in [2.24, 2.45) is 16.1 Å². The summed E-state index contributed by atoms with van der Waals surface area (Å²) in [5.41, 5.74) is 15.4. The van der Waals surface area contributed by atoms with Crippen LogP contribution in [0.2, 0.25) is 0 Å². The molecule has 1 saturated carbocycles. The van der Waals surface area contributed by atoms with Crippen molar-refractivity contribution in [1.82, 2.24) is 5.01 Å². The van der Waals surface area contributed by atoms with Gasteiger partial charge in [-0.3, -0.25) is 4.79 Å². The van der Waals surface area contributed by atoms with Gasteiger partial charge in [0.1, 0.15) is 6.54 Å². The number of rotatable bonds is 4. The predicted octanol–water partition coefficient (Wildman–Crippen LogP) is 5.74. The Bertz CT molecular complexity index is 1050. The van der Waals surface area contributed by atoms with Gasteiger partial charge in [0.2, 0.25) is 5.91 Å². The second-order valence-corrected chi connectivity index (χ2v) is 8.05. The van der Waals surface area contributed by atoms with Crippen molar-refractivity contribution in [3.8, 4) is 0 Å². The van der Waals surface area contributed by atoms with E-state index in [0.717, 1.165) is 36.1 Å². The fourth-order valence-electron chi connectivity index (χ4n) is 4.33. The molecule has 30 heavy (non-hydrogen) atoms. The normalized spacial score (nSPS) is 21.7. The zero-order valence-corrected chi connectivity index (χ0v) is 17.3. The van der Waals surface area contributed by atoms with Gasteiger partial charge in [-0.2, -0.15) is 5.10 Å². The third-order valence-corrected chi connectivity index (χ3v) is 5.86. The third-order valence-electron chi connectivity index (χ3n) is 5.86. The van der Waals surface area contributed by atoms with Crippen LogP contribution in [0.15, 0.2) is 64.3 Å². The van der Waals surface area contributed by atoms with E-state index in [9.17, 15) is 4.79 Å². The molecule has 1 heterocycles. The van der Waals surface area contributed by atoms with Crippen molar-refractivity contribution in [1.29, 1.82) is 0 Å². The number of nitrogens with zero attached hydrogens (tertiary/aromatic N) is 5. The molecule has 0 N–H and O–H groups in total. The van der Waals surface area contributed by atoms with Crippen LogP contribution in [0.3, 0.4) is 0 Å². The summed E-state index contributed by atoms with van der Waals surface area (Å²) >= 11 is 0. The largest absolute Gasteiger partial charge is 0.273 e. The van der Waals surface area contributed by atoms with Crippen molar-refractivity contribution in [2.75, 3.05) is 6.54 Å². The van der Waals surface area contributed by atoms with Crippen LogP contribution in [-0.4, -0.2) is 23.2 Å². The molecule has 2 aromatic carbocycles. The lowest BCUT2D eigenvalue weighted by molar-refractivity contribution is -0.132. The number of hydrazone groups is 1. The average Bonchev–Trinajstić information content (AvgIpc) is 3.15. The molecule has 4 rings (SSSR count). The number of azide groups is 1. The molecular weight excluding hydrogens is 374 g/mol. The molecule has 6 nitrogen and oxygen atoms in total. The lowest BCUT2D eigenvalue weighted by Crippen LogP contribution is -2.33. The number of amides is 1. The molecular formula is C24H25N5O. The van der Waals surface area contributed by atoms with E-state index < -0.39 is 0 Å². The second-order valence-electron chi connectivity index (χ2n) is 8.05. The molecule has 1 amide bonds. The maximum atomic E-state index is 12.8. The van der Waals surface area contributed by atoms with Crippen LogP contribution in [0, 0.1) is 19.8 Å². The number of hydrogen-bond acceptors (Lipinski definition) is 3. The summed E-state index contributed by atoms with van der Waals surface area (Å²) in [6.45, 7) is 3.90. The van der Waals surface area contributed by atoms with Crippen LogP contribution in [0.4, 0.5) is 0 Å². The first-order valence-electron chi connectivity index (χ1n) is 10.3. The van der Waals surface area contributed by atoms with Crippen LogP contribution in [-0.2, 0) is 4.79 Å². The van der Waals surface area contributed by atoms with Gasteiger partial charge in [-0.25, -0.2) is 5.01 Å². The van der Waals surface area contributed by atoms with Crippen LogP contribution >= 0.6 is 0 Å². The SMILES string of the molecule is Cc1ccc(C=C2CCCC3C2=NN(C(=O)CN=[N+]=[N-])C3c2ccc(C)cc2)cc1. The molecule has 1 aliphatic heterocycles. The van der Waals surface area contributed by atoms with Gasteiger partial charge in [-0.15, -0.1) is 0 Å². The summed E-state index contributed by atoms with van der Waals surface area (Å²) in [7, 11) is 0. The van der Waals surface area contributed by atoms with Gasteiger partial charge in [0, 0.05) is 10.8 Å². The summed E-state index contributed by atoms with van der Waals surface area (Å²) in [6, 6.07) is 16.6. The quantitative estimate of drug-likeness (QED) is 0.367. The highest BCUT2D eigenvalue weighted by molar-refractivity contribution is 6.08. The Balaban J connectivity index is 1.73. The van der Waals surface area contributed by atoms with E-state index in [4.69, 9.17) is 10.6 Å². The van der Waals surface area contributed by atoms with Gasteiger partial charge in [0.15, 0.2) is 0 Å². The first-order chi connectivity index (χ1) is 14.6. The van der Waals surface area contributed by atoms with E-state index in [2.05, 4.69) is 71.6 Å². The molecule has 0 aromatic heterocycles. The molecule has 0 radical (unpaired) electrons. The molecule has 2 aromatic rings. The molecule has 2 aliphatic rings. The molecule has 6 heteroatoms. The second kappa shape index (κ2) is 8.56. The molecule has 1 aliphatic carbocycles. The van der Waals surface area contributed by atoms with E-state index in [-0.39, 0.29) is 24.4 Å². The minimum atomic E-state index is -0.269. The maximum Gasteiger partial charge on any atom is 0.249 e. The Morgan fingerprint density at radius 1 is 1.17 bits per heavy atom. The third kappa shape index (κ3) is 4.00. The van der Waals surface area contributed by atoms with Crippen molar-refractivity contribution in [2.45, 2.75) is 39.2 Å². The van der Waals surface area contributed by atoms with E-state index in [1.807, 2.05) is 6.92 Å². The minimum absolute atomic E-state index is 0.146. The molecule has 152 valence electrons. The highest BCUT2D eigenvalue weighted by atomic mass is 16.2. The van der Waals surface area contributed by atoms with Crippen LogP contribution in [0.1, 0.15) is 47.6 Å². The molecule has 1 fully saturated rings. The summed E-state index contributed by atoms with van der Waals surface area (Å²) in [5, 5.41) is 9.81. The molecule has 0 saturated heterocycles. The summed E-state index contributed by atoms with van der Waals surface area (Å²) < 4.78 is 0. The fraction of sp³-hybridized carbons (Fsp3) is 0.333. The fourth-order valence-corrected chi connectivity index (χ4v) is 4.33. The first-order valence-corrected chi connectivity index (χ1v) is 10.3. The zero-order chi connectivity index (χ0) is 21.1. The van der Waals surface area contributed by atoms with Gasteiger partial charge in [-0.1, -0.05) is 64.8 Å². The number of aryl methyl sites for hydroxylation is 2. The number of hydrogen-bond donors (Lipinski definition) is 0. The lowest BCUT2D eigenvalue weighted by Gasteiger charge is -2.29. The van der Waals surface area contributed by atoms with E-state index in [1.165, 1.54) is 16.7 Å². The van der Waals surface area contributed by atoms with Crippen molar-refractivity contribution < 1.29 is 4.79 Å². The molecule has 0 spiro atoms. The zero-order valence-electron chi connectivity index (χ0n) is 17.3. The minimum Gasteiger partial charge on any atom is -0.273 e. The van der Waals surface area contributed by atoms with Gasteiger partial charge in [0.25, 0.3) is 0 Å². The van der Waals surface area contributed by atoms with Crippen molar-refractivity contribution in [3.05, 3.63) is 86.8 Å². The Labute approximate surface area is 176 Å². The topological polar surface area (TPSA) is 81.4 Å². The van der Waals surface area contributed by atoms with Crippen LogP contribution in [0.25, 0.3) is 16.5 Å². The Hall–Kier alpha value is -3.37. The number of allylic oxidation sites excluding steroid dienone is 1. The van der Waals surface area contributed by atoms with Crippen molar-refractivity contribution >= 4 is 17.7 Å². The number of benzene rings is 2.